The molecule has 106 valence electrons. The molecule has 0 spiro atoms. The molecule has 0 fully saturated rings. The molecule has 1 aromatic carbocycles. The highest BCUT2D eigenvalue weighted by Crippen LogP contribution is 2.22. The van der Waals surface area contributed by atoms with Crippen LogP contribution in [0.2, 0.25) is 5.02 Å². The van der Waals surface area contributed by atoms with Crippen molar-refractivity contribution in [1.82, 2.24) is 4.72 Å². The largest absolute Gasteiger partial charge is 0.480 e. The average Bonchev–Trinajstić information content (AvgIpc) is 2.28. The summed E-state index contributed by atoms with van der Waals surface area (Å²) in [7, 11) is -4.29. The van der Waals surface area contributed by atoms with E-state index in [1.165, 1.54) is 26.0 Å². The van der Waals surface area contributed by atoms with Gasteiger partial charge in [-0.25, -0.2) is 12.8 Å². The van der Waals surface area contributed by atoms with Crippen molar-refractivity contribution in [2.75, 3.05) is 0 Å². The number of carbonyl (C=O) groups is 1. The first-order valence-corrected chi connectivity index (χ1v) is 7.22. The quantitative estimate of drug-likeness (QED) is 0.869. The Kier molecular flexibility index (Phi) is 4.89. The summed E-state index contributed by atoms with van der Waals surface area (Å²) in [6, 6.07) is 2.14. The van der Waals surface area contributed by atoms with Crippen LogP contribution in [0.25, 0.3) is 0 Å². The second kappa shape index (κ2) is 5.85. The van der Waals surface area contributed by atoms with Crippen LogP contribution in [-0.2, 0) is 14.8 Å². The van der Waals surface area contributed by atoms with E-state index in [0.717, 1.165) is 6.07 Å². The van der Waals surface area contributed by atoms with Crippen LogP contribution < -0.4 is 4.72 Å². The molecule has 0 heterocycles. The third-order valence-electron chi connectivity index (χ3n) is 2.42. The predicted molar refractivity (Wildman–Crippen MR) is 68.0 cm³/mol. The van der Waals surface area contributed by atoms with Gasteiger partial charge in [0.1, 0.15) is 10.9 Å². The summed E-state index contributed by atoms with van der Waals surface area (Å²) in [5, 5.41) is 8.58. The molecule has 0 unspecified atom stereocenters. The molecule has 0 aromatic heterocycles. The maximum atomic E-state index is 13.7. The van der Waals surface area contributed by atoms with Gasteiger partial charge in [-0.1, -0.05) is 31.5 Å². The minimum Gasteiger partial charge on any atom is -0.480 e. The smallest absolute Gasteiger partial charge is 0.322 e. The van der Waals surface area contributed by atoms with Crippen molar-refractivity contribution >= 4 is 27.6 Å². The number of hydrogen-bond donors (Lipinski definition) is 2. The zero-order valence-corrected chi connectivity index (χ0v) is 11.8. The minimum atomic E-state index is -4.29. The van der Waals surface area contributed by atoms with E-state index in [9.17, 15) is 17.6 Å². The van der Waals surface area contributed by atoms with Gasteiger partial charge in [-0.2, -0.15) is 4.72 Å². The SMILES string of the molecule is CC(C)[C@H](NS(=O)(=O)c1cccc(Cl)c1F)C(=O)O. The second-order valence-electron chi connectivity index (χ2n) is 4.23. The Labute approximate surface area is 115 Å². The monoisotopic (exact) mass is 309 g/mol. The summed E-state index contributed by atoms with van der Waals surface area (Å²) in [5.74, 6) is -2.93. The van der Waals surface area contributed by atoms with Crippen LogP contribution in [0.15, 0.2) is 23.1 Å². The number of carboxylic acid groups (broad SMARTS) is 1. The van der Waals surface area contributed by atoms with Crippen molar-refractivity contribution in [3.05, 3.63) is 29.0 Å². The van der Waals surface area contributed by atoms with E-state index in [1.807, 2.05) is 4.72 Å². The molecule has 0 aliphatic heterocycles. The molecule has 0 saturated carbocycles. The molecular weight excluding hydrogens is 297 g/mol. The Balaban J connectivity index is 3.18. The first-order valence-electron chi connectivity index (χ1n) is 5.36. The van der Waals surface area contributed by atoms with Crippen LogP contribution in [0.1, 0.15) is 13.8 Å². The van der Waals surface area contributed by atoms with Crippen molar-refractivity contribution in [2.45, 2.75) is 24.8 Å². The van der Waals surface area contributed by atoms with Crippen molar-refractivity contribution in [1.29, 1.82) is 0 Å². The van der Waals surface area contributed by atoms with Gasteiger partial charge in [0.05, 0.1) is 5.02 Å². The number of hydrogen-bond acceptors (Lipinski definition) is 3. The predicted octanol–water partition coefficient (Wildman–Crippen LogP) is 1.87. The maximum Gasteiger partial charge on any atom is 0.322 e. The van der Waals surface area contributed by atoms with Gasteiger partial charge in [-0.05, 0) is 18.1 Å². The lowest BCUT2D eigenvalue weighted by atomic mass is 10.1. The van der Waals surface area contributed by atoms with Gasteiger partial charge in [0.25, 0.3) is 0 Å². The molecule has 1 aromatic rings. The van der Waals surface area contributed by atoms with Crippen LogP contribution in [-0.4, -0.2) is 25.5 Å². The van der Waals surface area contributed by atoms with Gasteiger partial charge in [0.2, 0.25) is 10.0 Å². The van der Waals surface area contributed by atoms with Gasteiger partial charge in [-0.3, -0.25) is 4.79 Å². The van der Waals surface area contributed by atoms with Crippen molar-refractivity contribution in [3.8, 4) is 0 Å². The number of carboxylic acids is 1. The third kappa shape index (κ3) is 3.65. The Bertz CT molecular complexity index is 588. The fourth-order valence-electron chi connectivity index (χ4n) is 1.39. The molecule has 0 saturated heterocycles. The van der Waals surface area contributed by atoms with Gasteiger partial charge < -0.3 is 5.11 Å². The summed E-state index contributed by atoms with van der Waals surface area (Å²) in [5.41, 5.74) is 0. The first kappa shape index (κ1) is 15.9. The summed E-state index contributed by atoms with van der Waals surface area (Å²) in [6.07, 6.45) is 0. The third-order valence-corrected chi connectivity index (χ3v) is 4.17. The molecule has 5 nitrogen and oxygen atoms in total. The lowest BCUT2D eigenvalue weighted by molar-refractivity contribution is -0.140. The van der Waals surface area contributed by atoms with Crippen LogP contribution in [0, 0.1) is 11.7 Å². The van der Waals surface area contributed by atoms with Gasteiger partial charge >= 0.3 is 5.97 Å². The van der Waals surface area contributed by atoms with Crippen molar-refractivity contribution in [2.24, 2.45) is 5.92 Å². The van der Waals surface area contributed by atoms with Gasteiger partial charge in [-0.15, -0.1) is 0 Å². The first-order chi connectivity index (χ1) is 8.66. The fourth-order valence-corrected chi connectivity index (χ4v) is 3.06. The van der Waals surface area contributed by atoms with E-state index in [2.05, 4.69) is 0 Å². The highest BCUT2D eigenvalue weighted by atomic mass is 35.5. The Morgan fingerprint density at radius 2 is 2.00 bits per heavy atom. The number of aliphatic carboxylic acids is 1. The zero-order valence-electron chi connectivity index (χ0n) is 10.2. The Morgan fingerprint density at radius 3 is 2.47 bits per heavy atom. The molecule has 19 heavy (non-hydrogen) atoms. The average molecular weight is 310 g/mol. The number of sulfonamides is 1. The molecule has 2 N–H and O–H groups in total. The van der Waals surface area contributed by atoms with E-state index in [0.29, 0.717) is 0 Å². The molecule has 8 heteroatoms. The maximum absolute atomic E-state index is 13.7. The topological polar surface area (TPSA) is 83.5 Å². The van der Waals surface area contributed by atoms with Crippen LogP contribution >= 0.6 is 11.6 Å². The Morgan fingerprint density at radius 1 is 1.42 bits per heavy atom. The molecular formula is C11H13ClFNO4S. The molecule has 0 amide bonds. The number of halogens is 2. The van der Waals surface area contributed by atoms with E-state index in [4.69, 9.17) is 16.7 Å². The molecule has 0 aliphatic carbocycles. The standard InChI is InChI=1S/C11H13ClFNO4S/c1-6(2)10(11(15)16)14-19(17,18)8-5-3-4-7(12)9(8)13/h3-6,10,14H,1-2H3,(H,15,16)/t10-/m0/s1. The molecule has 0 bridgehead atoms. The summed E-state index contributed by atoms with van der Waals surface area (Å²) >= 11 is 5.50. The highest BCUT2D eigenvalue weighted by Gasteiger charge is 2.30. The lowest BCUT2D eigenvalue weighted by Crippen LogP contribution is -2.44. The zero-order chi connectivity index (χ0) is 14.8. The fraction of sp³-hybridized carbons (Fsp3) is 0.364. The van der Waals surface area contributed by atoms with Crippen LogP contribution in [0.5, 0.6) is 0 Å². The molecule has 0 radical (unpaired) electrons. The molecule has 1 atom stereocenters. The Hall–Kier alpha value is -1.18. The summed E-state index contributed by atoms with van der Waals surface area (Å²) < 4.78 is 39.5. The van der Waals surface area contributed by atoms with Crippen LogP contribution in [0.4, 0.5) is 4.39 Å². The minimum absolute atomic E-state index is 0.348. The second-order valence-corrected chi connectivity index (χ2v) is 6.32. The van der Waals surface area contributed by atoms with Gasteiger partial charge in [0.15, 0.2) is 5.82 Å². The van der Waals surface area contributed by atoms with Crippen LogP contribution in [0.3, 0.4) is 0 Å². The summed E-state index contributed by atoms with van der Waals surface area (Å²) in [6.45, 7) is 3.07. The normalized spacial score (nSPS) is 13.5. The number of rotatable bonds is 5. The van der Waals surface area contributed by atoms with Gasteiger partial charge in [0, 0.05) is 0 Å². The van der Waals surface area contributed by atoms with Crippen molar-refractivity contribution < 1.29 is 22.7 Å². The number of nitrogens with one attached hydrogen (secondary N) is 1. The lowest BCUT2D eigenvalue weighted by Gasteiger charge is -2.18. The molecule has 0 aliphatic rings. The van der Waals surface area contributed by atoms with E-state index >= 15 is 0 Å². The van der Waals surface area contributed by atoms with E-state index < -0.39 is 38.7 Å². The molecule has 1 rings (SSSR count). The van der Waals surface area contributed by atoms with E-state index in [1.54, 1.807) is 0 Å². The summed E-state index contributed by atoms with van der Waals surface area (Å²) in [4.78, 5) is 10.3. The van der Waals surface area contributed by atoms with Crippen molar-refractivity contribution in [3.63, 3.8) is 0 Å². The number of benzene rings is 1. The highest BCUT2D eigenvalue weighted by molar-refractivity contribution is 7.89. The van der Waals surface area contributed by atoms with E-state index in [-0.39, 0.29) is 5.02 Å².